The highest BCUT2D eigenvalue weighted by Gasteiger charge is 2.33. The van der Waals surface area contributed by atoms with E-state index in [-0.39, 0.29) is 0 Å². The SMILES string of the molecule is CC(=O)OC[C@@H](O)[C@H](O)[C@@H](O)[C@H](CO)OC(C)=O. The van der Waals surface area contributed by atoms with Crippen LogP contribution in [0.5, 0.6) is 0 Å². The fraction of sp³-hybridized carbons (Fsp3) is 0.800. The van der Waals surface area contributed by atoms with Gasteiger partial charge in [-0.1, -0.05) is 0 Å². The normalized spacial score (nSPS) is 17.4. The Morgan fingerprint density at radius 1 is 1.06 bits per heavy atom. The van der Waals surface area contributed by atoms with Crippen molar-refractivity contribution >= 4 is 11.9 Å². The first kappa shape index (κ1) is 16.8. The molecule has 0 aromatic rings. The lowest BCUT2D eigenvalue weighted by Crippen LogP contribution is -2.48. The van der Waals surface area contributed by atoms with Crippen LogP contribution in [0.4, 0.5) is 0 Å². The van der Waals surface area contributed by atoms with Gasteiger partial charge in [0.25, 0.3) is 0 Å². The van der Waals surface area contributed by atoms with E-state index in [0.717, 1.165) is 13.8 Å². The summed E-state index contributed by atoms with van der Waals surface area (Å²) in [5.41, 5.74) is 0. The van der Waals surface area contributed by atoms with Crippen LogP contribution in [0.1, 0.15) is 13.8 Å². The number of rotatable bonds is 7. The average Bonchev–Trinajstić information content (AvgIpc) is 2.30. The molecule has 0 unspecified atom stereocenters. The summed E-state index contributed by atoms with van der Waals surface area (Å²) in [4.78, 5) is 21.2. The van der Waals surface area contributed by atoms with Crippen molar-refractivity contribution in [3.8, 4) is 0 Å². The van der Waals surface area contributed by atoms with Crippen LogP contribution >= 0.6 is 0 Å². The first-order valence-corrected chi connectivity index (χ1v) is 5.25. The Bertz CT molecular complexity index is 279. The molecule has 0 spiro atoms. The molecule has 18 heavy (non-hydrogen) atoms. The van der Waals surface area contributed by atoms with Crippen LogP contribution in [0.25, 0.3) is 0 Å². The second-order valence-corrected chi connectivity index (χ2v) is 3.68. The van der Waals surface area contributed by atoms with E-state index >= 15 is 0 Å². The van der Waals surface area contributed by atoms with Crippen molar-refractivity contribution in [2.75, 3.05) is 13.2 Å². The molecule has 0 saturated carbocycles. The van der Waals surface area contributed by atoms with E-state index in [9.17, 15) is 24.9 Å². The summed E-state index contributed by atoms with van der Waals surface area (Å²) in [5.74, 6) is -1.41. The van der Waals surface area contributed by atoms with E-state index in [1.807, 2.05) is 0 Å². The van der Waals surface area contributed by atoms with Gasteiger partial charge in [-0.3, -0.25) is 9.59 Å². The molecule has 0 fully saturated rings. The first-order valence-electron chi connectivity index (χ1n) is 5.25. The Morgan fingerprint density at radius 3 is 2.00 bits per heavy atom. The number of hydrogen-bond donors (Lipinski definition) is 4. The summed E-state index contributed by atoms with van der Waals surface area (Å²) < 4.78 is 8.98. The van der Waals surface area contributed by atoms with E-state index in [2.05, 4.69) is 9.47 Å². The standard InChI is InChI=1S/C10H18O8/c1-5(12)17-4-7(14)9(15)10(16)8(3-11)18-6(2)13/h7-11,14-16H,3-4H2,1-2H3/t7-,8+,9+,10+/m1/s1. The zero-order valence-electron chi connectivity index (χ0n) is 10.1. The molecule has 0 aliphatic carbocycles. The molecule has 0 radical (unpaired) electrons. The van der Waals surface area contributed by atoms with Crippen molar-refractivity contribution in [3.63, 3.8) is 0 Å². The van der Waals surface area contributed by atoms with Crippen LogP contribution in [0.2, 0.25) is 0 Å². The monoisotopic (exact) mass is 266 g/mol. The number of aliphatic hydroxyl groups is 4. The number of ether oxygens (including phenoxy) is 2. The maximum absolute atomic E-state index is 10.7. The number of hydrogen-bond acceptors (Lipinski definition) is 8. The van der Waals surface area contributed by atoms with Gasteiger partial charge in [-0.15, -0.1) is 0 Å². The number of carbonyl (C=O) groups excluding carboxylic acids is 2. The van der Waals surface area contributed by atoms with Crippen LogP contribution in [0.15, 0.2) is 0 Å². The predicted octanol–water partition coefficient (Wildman–Crippen LogP) is -2.44. The zero-order chi connectivity index (χ0) is 14.3. The molecule has 0 bridgehead atoms. The molecule has 0 heterocycles. The molecule has 106 valence electrons. The van der Waals surface area contributed by atoms with E-state index in [1.165, 1.54) is 0 Å². The quantitative estimate of drug-likeness (QED) is 0.373. The first-order chi connectivity index (χ1) is 8.29. The van der Waals surface area contributed by atoms with Crippen LogP contribution in [0, 0.1) is 0 Å². The van der Waals surface area contributed by atoms with E-state index in [1.54, 1.807) is 0 Å². The third-order valence-corrected chi connectivity index (χ3v) is 2.08. The minimum Gasteiger partial charge on any atom is -0.463 e. The van der Waals surface area contributed by atoms with Crippen LogP contribution in [0.3, 0.4) is 0 Å². The van der Waals surface area contributed by atoms with Crippen LogP contribution in [-0.2, 0) is 19.1 Å². The zero-order valence-corrected chi connectivity index (χ0v) is 10.1. The lowest BCUT2D eigenvalue weighted by molar-refractivity contribution is -0.171. The number of carbonyl (C=O) groups is 2. The Kier molecular flexibility index (Phi) is 7.44. The van der Waals surface area contributed by atoms with Gasteiger partial charge in [-0.05, 0) is 0 Å². The highest BCUT2D eigenvalue weighted by molar-refractivity contribution is 5.66. The number of esters is 2. The maximum atomic E-state index is 10.7. The highest BCUT2D eigenvalue weighted by atomic mass is 16.6. The van der Waals surface area contributed by atoms with Crippen molar-refractivity contribution in [2.24, 2.45) is 0 Å². The second-order valence-electron chi connectivity index (χ2n) is 3.68. The summed E-state index contributed by atoms with van der Waals surface area (Å²) in [7, 11) is 0. The lowest BCUT2D eigenvalue weighted by atomic mass is 10.0. The topological polar surface area (TPSA) is 134 Å². The van der Waals surface area contributed by atoms with Gasteiger partial charge in [0.1, 0.15) is 24.9 Å². The Hall–Kier alpha value is -1.22. The predicted molar refractivity (Wildman–Crippen MR) is 57.3 cm³/mol. The largest absolute Gasteiger partial charge is 0.463 e. The molecule has 0 aliphatic heterocycles. The summed E-state index contributed by atoms with van der Waals surface area (Å²) in [6, 6.07) is 0. The van der Waals surface area contributed by atoms with Gasteiger partial charge in [-0.25, -0.2) is 0 Å². The van der Waals surface area contributed by atoms with E-state index < -0.39 is 49.6 Å². The fourth-order valence-electron chi connectivity index (χ4n) is 1.18. The van der Waals surface area contributed by atoms with Crippen molar-refractivity contribution in [1.29, 1.82) is 0 Å². The average molecular weight is 266 g/mol. The van der Waals surface area contributed by atoms with Crippen molar-refractivity contribution in [2.45, 2.75) is 38.3 Å². The van der Waals surface area contributed by atoms with Crippen molar-refractivity contribution in [1.82, 2.24) is 0 Å². The molecule has 0 amide bonds. The summed E-state index contributed by atoms with van der Waals surface area (Å²) in [6.07, 6.45) is -6.37. The molecule has 4 atom stereocenters. The van der Waals surface area contributed by atoms with Gasteiger partial charge in [0, 0.05) is 13.8 Å². The molecule has 0 aromatic heterocycles. The Labute approximate surface area is 104 Å². The molecule has 4 N–H and O–H groups in total. The molecule has 0 aliphatic rings. The minimum absolute atomic E-state index is 0.522. The molecule has 8 heteroatoms. The van der Waals surface area contributed by atoms with Crippen molar-refractivity contribution in [3.05, 3.63) is 0 Å². The fourth-order valence-corrected chi connectivity index (χ4v) is 1.18. The van der Waals surface area contributed by atoms with Gasteiger partial charge in [-0.2, -0.15) is 0 Å². The smallest absolute Gasteiger partial charge is 0.303 e. The second kappa shape index (κ2) is 7.98. The molecular weight excluding hydrogens is 248 g/mol. The molecule has 0 saturated heterocycles. The summed E-state index contributed by atoms with van der Waals surface area (Å²) in [5, 5.41) is 37.4. The highest BCUT2D eigenvalue weighted by Crippen LogP contribution is 2.09. The molecular formula is C10H18O8. The van der Waals surface area contributed by atoms with Crippen LogP contribution in [-0.4, -0.2) is 70.0 Å². The van der Waals surface area contributed by atoms with Gasteiger partial charge in [0.2, 0.25) is 0 Å². The van der Waals surface area contributed by atoms with Crippen LogP contribution < -0.4 is 0 Å². The van der Waals surface area contributed by atoms with Gasteiger partial charge in [0.05, 0.1) is 6.61 Å². The van der Waals surface area contributed by atoms with Gasteiger partial charge < -0.3 is 29.9 Å². The Balaban J connectivity index is 4.39. The van der Waals surface area contributed by atoms with E-state index in [0.29, 0.717) is 0 Å². The third-order valence-electron chi connectivity index (χ3n) is 2.08. The molecule has 0 aromatic carbocycles. The summed E-state index contributed by atoms with van der Waals surface area (Å²) in [6.45, 7) is 0.936. The molecule has 8 nitrogen and oxygen atoms in total. The van der Waals surface area contributed by atoms with Gasteiger partial charge in [0.15, 0.2) is 6.10 Å². The van der Waals surface area contributed by atoms with Gasteiger partial charge >= 0.3 is 11.9 Å². The van der Waals surface area contributed by atoms with Crippen molar-refractivity contribution < 1.29 is 39.5 Å². The minimum atomic E-state index is -1.74. The molecule has 0 rings (SSSR count). The number of aliphatic hydroxyl groups excluding tert-OH is 4. The lowest BCUT2D eigenvalue weighted by Gasteiger charge is -2.27. The van der Waals surface area contributed by atoms with E-state index in [4.69, 9.17) is 5.11 Å². The summed E-state index contributed by atoms with van der Waals surface area (Å²) >= 11 is 0. The maximum Gasteiger partial charge on any atom is 0.303 e. The Morgan fingerprint density at radius 2 is 1.61 bits per heavy atom. The third kappa shape index (κ3) is 5.92.